The van der Waals surface area contributed by atoms with Crippen molar-refractivity contribution in [3.8, 4) is 0 Å². The standard InChI is InChI=1S/C15H18/c1-11-8-9-13-12(10-11)6-5-7-14(13)15(2,3)4/h5-10H,1-4H3. The van der Waals surface area contributed by atoms with Crippen LogP contribution in [0.3, 0.4) is 0 Å². The molecule has 0 unspecified atom stereocenters. The van der Waals surface area contributed by atoms with Crippen molar-refractivity contribution >= 4 is 10.8 Å². The van der Waals surface area contributed by atoms with Crippen molar-refractivity contribution in [2.75, 3.05) is 0 Å². The summed E-state index contributed by atoms with van der Waals surface area (Å²) < 4.78 is 0. The van der Waals surface area contributed by atoms with Gasteiger partial charge in [0.2, 0.25) is 0 Å². The Bertz CT molecular complexity index is 487. The van der Waals surface area contributed by atoms with Crippen LogP contribution in [0, 0.1) is 6.92 Å². The van der Waals surface area contributed by atoms with Gasteiger partial charge in [-0.1, -0.05) is 62.7 Å². The summed E-state index contributed by atoms with van der Waals surface area (Å²) in [6, 6.07) is 13.3. The van der Waals surface area contributed by atoms with Crippen LogP contribution < -0.4 is 0 Å². The summed E-state index contributed by atoms with van der Waals surface area (Å²) in [5.74, 6) is 0. The topological polar surface area (TPSA) is 0 Å². The van der Waals surface area contributed by atoms with Gasteiger partial charge in [-0.05, 0) is 28.7 Å². The molecule has 0 heteroatoms. The van der Waals surface area contributed by atoms with Gasteiger partial charge in [-0.15, -0.1) is 0 Å². The fraction of sp³-hybridized carbons (Fsp3) is 0.333. The maximum atomic E-state index is 2.27. The highest BCUT2D eigenvalue weighted by Gasteiger charge is 2.15. The average Bonchev–Trinajstić information content (AvgIpc) is 2.15. The number of benzene rings is 2. The third-order valence-electron chi connectivity index (χ3n) is 2.84. The Morgan fingerprint density at radius 2 is 1.67 bits per heavy atom. The monoisotopic (exact) mass is 198 g/mol. The molecule has 15 heavy (non-hydrogen) atoms. The van der Waals surface area contributed by atoms with Crippen molar-refractivity contribution in [1.29, 1.82) is 0 Å². The first-order valence-corrected chi connectivity index (χ1v) is 5.48. The molecule has 0 fully saturated rings. The second kappa shape index (κ2) is 3.37. The van der Waals surface area contributed by atoms with E-state index in [2.05, 4.69) is 64.1 Å². The molecule has 0 aliphatic rings. The van der Waals surface area contributed by atoms with E-state index in [0.717, 1.165) is 0 Å². The molecule has 0 aromatic heterocycles. The predicted molar refractivity (Wildman–Crippen MR) is 67.4 cm³/mol. The summed E-state index contributed by atoms with van der Waals surface area (Å²) in [6.07, 6.45) is 0. The number of fused-ring (bicyclic) bond motifs is 1. The minimum Gasteiger partial charge on any atom is -0.0613 e. The Hall–Kier alpha value is -1.30. The number of aryl methyl sites for hydroxylation is 1. The Balaban J connectivity index is 2.77. The molecule has 0 amide bonds. The van der Waals surface area contributed by atoms with Gasteiger partial charge in [0.05, 0.1) is 0 Å². The van der Waals surface area contributed by atoms with E-state index in [4.69, 9.17) is 0 Å². The highest BCUT2D eigenvalue weighted by atomic mass is 14.2. The van der Waals surface area contributed by atoms with E-state index >= 15 is 0 Å². The first-order chi connectivity index (χ1) is 6.98. The van der Waals surface area contributed by atoms with E-state index in [0.29, 0.717) is 0 Å². The summed E-state index contributed by atoms with van der Waals surface area (Å²) in [4.78, 5) is 0. The van der Waals surface area contributed by atoms with Crippen LogP contribution in [0.15, 0.2) is 36.4 Å². The van der Waals surface area contributed by atoms with Crippen molar-refractivity contribution in [3.05, 3.63) is 47.5 Å². The third-order valence-corrected chi connectivity index (χ3v) is 2.84. The van der Waals surface area contributed by atoms with Crippen molar-refractivity contribution in [1.82, 2.24) is 0 Å². The molecule has 0 saturated heterocycles. The Morgan fingerprint density at radius 3 is 2.33 bits per heavy atom. The minimum atomic E-state index is 0.217. The van der Waals surface area contributed by atoms with Gasteiger partial charge in [0.25, 0.3) is 0 Å². The van der Waals surface area contributed by atoms with Gasteiger partial charge in [0.15, 0.2) is 0 Å². The van der Waals surface area contributed by atoms with Gasteiger partial charge in [-0.2, -0.15) is 0 Å². The molecule has 0 radical (unpaired) electrons. The molecule has 0 spiro atoms. The number of hydrogen-bond acceptors (Lipinski definition) is 0. The number of rotatable bonds is 0. The minimum absolute atomic E-state index is 0.217. The molecule has 0 heterocycles. The van der Waals surface area contributed by atoms with Crippen LogP contribution >= 0.6 is 0 Å². The van der Waals surface area contributed by atoms with Gasteiger partial charge in [-0.25, -0.2) is 0 Å². The van der Waals surface area contributed by atoms with E-state index in [9.17, 15) is 0 Å². The van der Waals surface area contributed by atoms with Crippen LogP contribution in [0.1, 0.15) is 31.9 Å². The summed E-state index contributed by atoms with van der Waals surface area (Å²) in [7, 11) is 0. The fourth-order valence-electron chi connectivity index (χ4n) is 2.06. The smallest absolute Gasteiger partial charge is 0.0126 e. The van der Waals surface area contributed by atoms with Crippen molar-refractivity contribution in [2.45, 2.75) is 33.1 Å². The maximum Gasteiger partial charge on any atom is -0.0126 e. The largest absolute Gasteiger partial charge is 0.0613 e. The summed E-state index contributed by atoms with van der Waals surface area (Å²) in [5, 5.41) is 2.73. The summed E-state index contributed by atoms with van der Waals surface area (Å²) in [5.41, 5.74) is 2.97. The highest BCUT2D eigenvalue weighted by Crippen LogP contribution is 2.30. The van der Waals surface area contributed by atoms with Crippen LogP contribution in [0.5, 0.6) is 0 Å². The lowest BCUT2D eigenvalue weighted by Gasteiger charge is -2.21. The second-order valence-electron chi connectivity index (χ2n) is 5.28. The van der Waals surface area contributed by atoms with E-state index in [1.54, 1.807) is 0 Å². The van der Waals surface area contributed by atoms with E-state index in [1.165, 1.54) is 21.9 Å². The van der Waals surface area contributed by atoms with Crippen LogP contribution in [-0.4, -0.2) is 0 Å². The first-order valence-electron chi connectivity index (χ1n) is 5.48. The Kier molecular flexibility index (Phi) is 2.30. The molecule has 0 saturated carbocycles. The summed E-state index contributed by atoms with van der Waals surface area (Å²) >= 11 is 0. The summed E-state index contributed by atoms with van der Waals surface area (Å²) in [6.45, 7) is 8.94. The van der Waals surface area contributed by atoms with Crippen LogP contribution in [0.25, 0.3) is 10.8 Å². The highest BCUT2D eigenvalue weighted by molar-refractivity contribution is 5.87. The lowest BCUT2D eigenvalue weighted by atomic mass is 9.83. The van der Waals surface area contributed by atoms with E-state index < -0.39 is 0 Å². The lowest BCUT2D eigenvalue weighted by Crippen LogP contribution is -2.11. The zero-order valence-corrected chi connectivity index (χ0v) is 9.96. The normalized spacial score (nSPS) is 12.0. The lowest BCUT2D eigenvalue weighted by molar-refractivity contribution is 0.596. The van der Waals surface area contributed by atoms with Gasteiger partial charge in [-0.3, -0.25) is 0 Å². The van der Waals surface area contributed by atoms with Crippen molar-refractivity contribution < 1.29 is 0 Å². The molecular weight excluding hydrogens is 180 g/mol. The molecule has 0 aliphatic heterocycles. The SMILES string of the molecule is Cc1ccc2c(C(C)(C)C)cccc2c1. The third kappa shape index (κ3) is 1.90. The molecule has 0 bridgehead atoms. The average molecular weight is 198 g/mol. The molecular formula is C15H18. The molecule has 0 N–H and O–H groups in total. The second-order valence-corrected chi connectivity index (χ2v) is 5.28. The number of hydrogen-bond donors (Lipinski definition) is 0. The zero-order chi connectivity index (χ0) is 11.1. The Labute approximate surface area is 91.9 Å². The maximum absolute atomic E-state index is 2.27. The van der Waals surface area contributed by atoms with Gasteiger partial charge >= 0.3 is 0 Å². The zero-order valence-electron chi connectivity index (χ0n) is 9.96. The molecule has 0 aliphatic carbocycles. The van der Waals surface area contributed by atoms with Crippen LogP contribution in [0.4, 0.5) is 0 Å². The van der Waals surface area contributed by atoms with E-state index in [-0.39, 0.29) is 5.41 Å². The molecule has 78 valence electrons. The molecule has 2 aromatic carbocycles. The quantitative estimate of drug-likeness (QED) is 0.587. The van der Waals surface area contributed by atoms with E-state index in [1.807, 2.05) is 0 Å². The predicted octanol–water partition coefficient (Wildman–Crippen LogP) is 4.45. The van der Waals surface area contributed by atoms with Gasteiger partial charge < -0.3 is 0 Å². The molecule has 2 rings (SSSR count). The van der Waals surface area contributed by atoms with Crippen molar-refractivity contribution in [3.63, 3.8) is 0 Å². The van der Waals surface area contributed by atoms with Crippen LogP contribution in [-0.2, 0) is 5.41 Å². The molecule has 0 nitrogen and oxygen atoms in total. The molecule has 2 aromatic rings. The fourth-order valence-corrected chi connectivity index (χ4v) is 2.06. The van der Waals surface area contributed by atoms with Crippen molar-refractivity contribution in [2.24, 2.45) is 0 Å². The van der Waals surface area contributed by atoms with Gasteiger partial charge in [0.1, 0.15) is 0 Å². The first kappa shape index (κ1) is 10.2. The van der Waals surface area contributed by atoms with Gasteiger partial charge in [0, 0.05) is 0 Å². The van der Waals surface area contributed by atoms with Crippen LogP contribution in [0.2, 0.25) is 0 Å². The Morgan fingerprint density at radius 1 is 0.933 bits per heavy atom. The molecule has 0 atom stereocenters.